The van der Waals surface area contributed by atoms with Crippen LogP contribution in [0.3, 0.4) is 0 Å². The lowest BCUT2D eigenvalue weighted by Gasteiger charge is -2.23. The molecule has 0 aromatic rings. The van der Waals surface area contributed by atoms with E-state index < -0.39 is 12.1 Å². The molecule has 0 bridgehead atoms. The molecule has 6 heteroatoms. The lowest BCUT2D eigenvalue weighted by atomic mass is 10.2. The average Bonchev–Trinajstić information content (AvgIpc) is 2.32. The Kier molecular flexibility index (Phi) is 8.61. The number of amides is 2. The van der Waals surface area contributed by atoms with Gasteiger partial charge in [-0.15, -0.1) is 0 Å². The molecule has 0 spiro atoms. The van der Waals surface area contributed by atoms with Gasteiger partial charge in [0.05, 0.1) is 12.5 Å². The Balaban J connectivity index is 4.28. The van der Waals surface area contributed by atoms with Crippen molar-refractivity contribution >= 4 is 12.0 Å². The first-order valence-corrected chi connectivity index (χ1v) is 6.41. The summed E-state index contributed by atoms with van der Waals surface area (Å²) in [6, 6.07) is -0.236. The zero-order chi connectivity index (χ0) is 14.8. The van der Waals surface area contributed by atoms with Gasteiger partial charge in [-0.3, -0.25) is 4.79 Å². The summed E-state index contributed by atoms with van der Waals surface area (Å²) in [4.78, 5) is 24.1. The number of nitrogens with one attached hydrogen (secondary N) is 1. The van der Waals surface area contributed by atoms with Gasteiger partial charge in [-0.05, 0) is 20.8 Å². The second-order valence-corrected chi connectivity index (χ2v) is 4.33. The van der Waals surface area contributed by atoms with Gasteiger partial charge >= 0.3 is 12.0 Å². The van der Waals surface area contributed by atoms with Crippen LogP contribution < -0.4 is 5.32 Å². The zero-order valence-electron chi connectivity index (χ0n) is 11.9. The van der Waals surface area contributed by atoms with E-state index in [1.807, 2.05) is 13.8 Å². The summed E-state index contributed by atoms with van der Waals surface area (Å²) in [5, 5.41) is 11.4. The molecule has 0 saturated carbocycles. The van der Waals surface area contributed by atoms with Crippen molar-refractivity contribution in [3.8, 4) is 0 Å². The number of carbonyl (C=O) groups is 2. The molecule has 0 aromatic carbocycles. The molecule has 0 aliphatic carbocycles. The van der Waals surface area contributed by atoms with Crippen molar-refractivity contribution in [2.24, 2.45) is 0 Å². The minimum atomic E-state index is -0.943. The Hall–Kier alpha value is -1.56. The number of rotatable bonds is 9. The van der Waals surface area contributed by atoms with E-state index in [0.29, 0.717) is 19.7 Å². The highest BCUT2D eigenvalue weighted by atomic mass is 16.5. The average molecular weight is 272 g/mol. The summed E-state index contributed by atoms with van der Waals surface area (Å²) in [6.45, 7) is 10.9. The number of likely N-dealkylation sites (N-methyl/N-ethyl adjacent to an activating group) is 1. The van der Waals surface area contributed by atoms with Gasteiger partial charge in [0.2, 0.25) is 0 Å². The van der Waals surface area contributed by atoms with Gasteiger partial charge in [0.25, 0.3) is 0 Å². The van der Waals surface area contributed by atoms with Crippen LogP contribution in [0.5, 0.6) is 0 Å². The Morgan fingerprint density at radius 3 is 2.47 bits per heavy atom. The fourth-order valence-electron chi connectivity index (χ4n) is 1.59. The zero-order valence-corrected chi connectivity index (χ0v) is 11.9. The van der Waals surface area contributed by atoms with E-state index in [2.05, 4.69) is 11.9 Å². The van der Waals surface area contributed by atoms with Crippen LogP contribution in [0.4, 0.5) is 4.79 Å². The van der Waals surface area contributed by atoms with Crippen molar-refractivity contribution in [2.45, 2.75) is 33.3 Å². The quantitative estimate of drug-likeness (QED) is 0.623. The number of carboxylic acid groups (broad SMARTS) is 1. The predicted molar refractivity (Wildman–Crippen MR) is 73.1 cm³/mol. The highest BCUT2D eigenvalue weighted by Crippen LogP contribution is 2.00. The molecule has 1 atom stereocenters. The van der Waals surface area contributed by atoms with E-state index in [9.17, 15) is 9.59 Å². The molecule has 0 aliphatic rings. The van der Waals surface area contributed by atoms with Gasteiger partial charge in [-0.25, -0.2) is 4.79 Å². The van der Waals surface area contributed by atoms with Crippen LogP contribution in [-0.4, -0.2) is 54.4 Å². The molecule has 6 nitrogen and oxygen atoms in total. The SMILES string of the molecule is C=C(C)CN(CC)C(=O)NCC(CC(=O)O)OCC. The van der Waals surface area contributed by atoms with Gasteiger partial charge in [-0.1, -0.05) is 12.2 Å². The number of urea groups is 1. The van der Waals surface area contributed by atoms with Gasteiger partial charge in [0.1, 0.15) is 0 Å². The molecule has 0 aromatic heterocycles. The largest absolute Gasteiger partial charge is 0.481 e. The van der Waals surface area contributed by atoms with E-state index >= 15 is 0 Å². The van der Waals surface area contributed by atoms with Crippen molar-refractivity contribution in [1.29, 1.82) is 0 Å². The topological polar surface area (TPSA) is 78.9 Å². The first-order chi connectivity index (χ1) is 8.90. The molecule has 110 valence electrons. The summed E-state index contributed by atoms with van der Waals surface area (Å²) >= 11 is 0. The first-order valence-electron chi connectivity index (χ1n) is 6.41. The maximum absolute atomic E-state index is 11.9. The van der Waals surface area contributed by atoms with E-state index in [-0.39, 0.29) is 19.0 Å². The number of aliphatic carboxylic acids is 1. The minimum Gasteiger partial charge on any atom is -0.481 e. The van der Waals surface area contributed by atoms with Crippen LogP contribution in [0.25, 0.3) is 0 Å². The molecule has 2 amide bonds. The lowest BCUT2D eigenvalue weighted by molar-refractivity contribution is -0.140. The maximum atomic E-state index is 11.9. The number of hydrogen-bond acceptors (Lipinski definition) is 3. The van der Waals surface area contributed by atoms with Crippen LogP contribution in [0.15, 0.2) is 12.2 Å². The van der Waals surface area contributed by atoms with E-state index in [0.717, 1.165) is 5.57 Å². The van der Waals surface area contributed by atoms with Gasteiger partial charge in [-0.2, -0.15) is 0 Å². The standard InChI is InChI=1S/C13H24N2O4/c1-5-15(9-10(3)4)13(18)14-8-11(19-6-2)7-12(16)17/h11H,3,5-9H2,1-2,4H3,(H,14,18)(H,16,17). The van der Waals surface area contributed by atoms with E-state index in [1.165, 1.54) is 0 Å². The first kappa shape index (κ1) is 17.4. The molecule has 0 saturated heterocycles. The molecule has 2 N–H and O–H groups in total. The third kappa shape index (κ3) is 8.20. The third-order valence-corrected chi connectivity index (χ3v) is 2.42. The van der Waals surface area contributed by atoms with Crippen LogP contribution in [0, 0.1) is 0 Å². The van der Waals surface area contributed by atoms with Crippen molar-refractivity contribution in [3.63, 3.8) is 0 Å². The number of nitrogens with zero attached hydrogens (tertiary/aromatic N) is 1. The number of hydrogen-bond donors (Lipinski definition) is 2. The van der Waals surface area contributed by atoms with Crippen LogP contribution >= 0.6 is 0 Å². The van der Waals surface area contributed by atoms with Crippen LogP contribution in [-0.2, 0) is 9.53 Å². The fourth-order valence-corrected chi connectivity index (χ4v) is 1.59. The van der Waals surface area contributed by atoms with E-state index in [1.54, 1.807) is 11.8 Å². The van der Waals surface area contributed by atoms with Crippen LogP contribution in [0.1, 0.15) is 27.2 Å². The predicted octanol–water partition coefficient (Wildman–Crippen LogP) is 1.47. The van der Waals surface area contributed by atoms with Gasteiger partial charge in [0, 0.05) is 26.2 Å². The molecular formula is C13H24N2O4. The third-order valence-electron chi connectivity index (χ3n) is 2.42. The van der Waals surface area contributed by atoms with Crippen LogP contribution in [0.2, 0.25) is 0 Å². The monoisotopic (exact) mass is 272 g/mol. The number of ether oxygens (including phenoxy) is 1. The highest BCUT2D eigenvalue weighted by molar-refractivity contribution is 5.74. The lowest BCUT2D eigenvalue weighted by Crippen LogP contribution is -2.44. The van der Waals surface area contributed by atoms with Gasteiger partial charge < -0.3 is 20.1 Å². The number of carboxylic acids is 1. The maximum Gasteiger partial charge on any atom is 0.317 e. The van der Waals surface area contributed by atoms with Crippen molar-refractivity contribution in [3.05, 3.63) is 12.2 Å². The molecule has 1 unspecified atom stereocenters. The molecular weight excluding hydrogens is 248 g/mol. The summed E-state index contributed by atoms with van der Waals surface area (Å²) in [5.41, 5.74) is 0.892. The second-order valence-electron chi connectivity index (χ2n) is 4.33. The van der Waals surface area contributed by atoms with Gasteiger partial charge in [0.15, 0.2) is 0 Å². The van der Waals surface area contributed by atoms with E-state index in [4.69, 9.17) is 9.84 Å². The molecule has 0 heterocycles. The minimum absolute atomic E-state index is 0.124. The molecule has 0 rings (SSSR count). The second kappa shape index (κ2) is 9.38. The summed E-state index contributed by atoms with van der Waals surface area (Å²) in [7, 11) is 0. The molecule has 0 aliphatic heterocycles. The molecule has 0 fully saturated rings. The number of carbonyl (C=O) groups excluding carboxylic acids is 1. The fraction of sp³-hybridized carbons (Fsp3) is 0.692. The summed E-state index contributed by atoms with van der Waals surface area (Å²) in [5.74, 6) is -0.943. The Bertz CT molecular complexity index is 318. The summed E-state index contributed by atoms with van der Waals surface area (Å²) in [6.07, 6.45) is -0.629. The van der Waals surface area contributed by atoms with Crippen molar-refractivity contribution < 1.29 is 19.4 Å². The smallest absolute Gasteiger partial charge is 0.317 e. The Morgan fingerprint density at radius 1 is 1.42 bits per heavy atom. The Morgan fingerprint density at radius 2 is 2.05 bits per heavy atom. The summed E-state index contributed by atoms with van der Waals surface area (Å²) < 4.78 is 5.27. The normalized spacial score (nSPS) is 11.7. The highest BCUT2D eigenvalue weighted by Gasteiger charge is 2.16. The van der Waals surface area contributed by atoms with Crippen molar-refractivity contribution in [1.82, 2.24) is 10.2 Å². The molecule has 19 heavy (non-hydrogen) atoms. The van der Waals surface area contributed by atoms with Crippen molar-refractivity contribution in [2.75, 3.05) is 26.2 Å². The molecule has 0 radical (unpaired) electrons. The Labute approximate surface area is 114 Å².